The molecule has 0 unspecified atom stereocenters. The predicted molar refractivity (Wildman–Crippen MR) is 81.9 cm³/mol. The molecule has 5 nitrogen and oxygen atoms in total. The molecule has 0 bridgehead atoms. The Morgan fingerprint density at radius 1 is 1.50 bits per heavy atom. The molecule has 108 valence electrons. The first-order valence-electron chi connectivity index (χ1n) is 6.77. The maximum atomic E-state index is 12.6. The third-order valence-corrected chi connectivity index (χ3v) is 3.77. The van der Waals surface area contributed by atoms with Gasteiger partial charge in [-0.05, 0) is 19.8 Å². The molecule has 0 radical (unpaired) electrons. The first-order chi connectivity index (χ1) is 9.49. The minimum absolute atomic E-state index is 0.129. The molecule has 1 fully saturated rings. The highest BCUT2D eigenvalue weighted by atomic mass is 32.1. The number of hydrogen-bond donors (Lipinski definition) is 2. The highest BCUT2D eigenvalue weighted by molar-refractivity contribution is 7.80. The van der Waals surface area contributed by atoms with Gasteiger partial charge in [0, 0.05) is 24.0 Å². The molecule has 0 saturated heterocycles. The van der Waals surface area contributed by atoms with E-state index in [1.165, 1.54) is 12.3 Å². The molecule has 1 amide bonds. The third-order valence-electron chi connectivity index (χ3n) is 3.64. The molecule has 0 atom stereocenters. The van der Waals surface area contributed by atoms with Crippen molar-refractivity contribution < 1.29 is 4.79 Å². The van der Waals surface area contributed by atoms with Crippen molar-refractivity contribution in [3.8, 4) is 0 Å². The van der Waals surface area contributed by atoms with Crippen LogP contribution >= 0.6 is 12.2 Å². The van der Waals surface area contributed by atoms with Crippen LogP contribution in [0.3, 0.4) is 0 Å². The number of nitrogens with one attached hydrogen (secondary N) is 1. The van der Waals surface area contributed by atoms with Crippen molar-refractivity contribution in [2.24, 2.45) is 5.73 Å². The molecular weight excluding hydrogens is 274 g/mol. The standard InChI is InChI=1S/C14H19N3O2S/c1-9-6-12(18)11(7-16-9)14(19)17(8-13(15)20)10-4-2-3-5-10/h6-7,10H,2-5,8H2,1H3,(H2,15,20)(H,16,18). The number of rotatable bonds is 4. The molecule has 6 heteroatoms. The lowest BCUT2D eigenvalue weighted by molar-refractivity contribution is 0.0713. The Morgan fingerprint density at radius 3 is 2.70 bits per heavy atom. The van der Waals surface area contributed by atoms with Gasteiger partial charge in [0.2, 0.25) is 0 Å². The summed E-state index contributed by atoms with van der Waals surface area (Å²) in [6.07, 6.45) is 5.55. The van der Waals surface area contributed by atoms with Gasteiger partial charge >= 0.3 is 0 Å². The van der Waals surface area contributed by atoms with Crippen molar-refractivity contribution in [2.75, 3.05) is 6.54 Å². The van der Waals surface area contributed by atoms with Gasteiger partial charge in [0.05, 0.1) is 11.5 Å². The van der Waals surface area contributed by atoms with E-state index in [1.807, 2.05) is 0 Å². The highest BCUT2D eigenvalue weighted by Crippen LogP contribution is 2.24. The van der Waals surface area contributed by atoms with Crippen LogP contribution in [-0.2, 0) is 0 Å². The number of pyridine rings is 1. The monoisotopic (exact) mass is 293 g/mol. The largest absolute Gasteiger partial charge is 0.392 e. The summed E-state index contributed by atoms with van der Waals surface area (Å²) in [5.74, 6) is -0.286. The summed E-state index contributed by atoms with van der Waals surface area (Å²) < 4.78 is 0. The Hall–Kier alpha value is -1.69. The van der Waals surface area contributed by atoms with Crippen molar-refractivity contribution in [3.63, 3.8) is 0 Å². The van der Waals surface area contributed by atoms with E-state index < -0.39 is 0 Å². The summed E-state index contributed by atoms with van der Waals surface area (Å²) in [4.78, 5) is 29.4. The molecular formula is C14H19N3O2S. The van der Waals surface area contributed by atoms with Crippen LogP contribution in [0.25, 0.3) is 0 Å². The fourth-order valence-corrected chi connectivity index (χ4v) is 2.78. The summed E-state index contributed by atoms with van der Waals surface area (Å²) in [5, 5.41) is 0. The lowest BCUT2D eigenvalue weighted by Gasteiger charge is -2.28. The summed E-state index contributed by atoms with van der Waals surface area (Å²) >= 11 is 4.93. The zero-order valence-electron chi connectivity index (χ0n) is 11.5. The molecule has 1 heterocycles. The lowest BCUT2D eigenvalue weighted by atomic mass is 10.1. The summed E-state index contributed by atoms with van der Waals surface area (Å²) in [6.45, 7) is 2.01. The van der Waals surface area contributed by atoms with E-state index in [-0.39, 0.29) is 34.5 Å². The molecule has 1 aliphatic carbocycles. The number of nitrogens with two attached hydrogens (primary N) is 1. The summed E-state index contributed by atoms with van der Waals surface area (Å²) in [6, 6.07) is 1.56. The quantitative estimate of drug-likeness (QED) is 0.821. The van der Waals surface area contributed by atoms with Gasteiger partial charge in [-0.2, -0.15) is 0 Å². The van der Waals surface area contributed by atoms with Gasteiger partial charge < -0.3 is 15.6 Å². The van der Waals surface area contributed by atoms with Gasteiger partial charge in [0.1, 0.15) is 5.56 Å². The molecule has 1 saturated carbocycles. The van der Waals surface area contributed by atoms with E-state index in [9.17, 15) is 9.59 Å². The average molecular weight is 293 g/mol. The van der Waals surface area contributed by atoms with Crippen molar-refractivity contribution >= 4 is 23.1 Å². The van der Waals surface area contributed by atoms with E-state index in [1.54, 1.807) is 11.8 Å². The minimum atomic E-state index is -0.286. The number of aryl methyl sites for hydroxylation is 1. The second kappa shape index (κ2) is 6.17. The minimum Gasteiger partial charge on any atom is -0.392 e. The molecule has 1 aromatic heterocycles. The van der Waals surface area contributed by atoms with E-state index in [4.69, 9.17) is 18.0 Å². The van der Waals surface area contributed by atoms with Crippen LogP contribution in [0.4, 0.5) is 0 Å². The van der Waals surface area contributed by atoms with Gasteiger partial charge in [0.25, 0.3) is 5.91 Å². The second-order valence-corrected chi connectivity index (χ2v) is 5.76. The number of hydrogen-bond acceptors (Lipinski definition) is 3. The van der Waals surface area contributed by atoms with Crippen LogP contribution in [0, 0.1) is 6.92 Å². The van der Waals surface area contributed by atoms with Crippen LogP contribution in [0.15, 0.2) is 17.1 Å². The number of H-pyrrole nitrogens is 1. The Bertz CT molecular complexity index is 576. The topological polar surface area (TPSA) is 79.2 Å². The number of carbonyl (C=O) groups excluding carboxylic acids is 1. The van der Waals surface area contributed by atoms with Gasteiger partial charge in [-0.1, -0.05) is 25.1 Å². The van der Waals surface area contributed by atoms with Crippen LogP contribution in [0.2, 0.25) is 0 Å². The fourth-order valence-electron chi connectivity index (χ4n) is 2.65. The van der Waals surface area contributed by atoms with Crippen molar-refractivity contribution in [3.05, 3.63) is 33.7 Å². The average Bonchev–Trinajstić information content (AvgIpc) is 2.88. The fraction of sp³-hybridized carbons (Fsp3) is 0.500. The SMILES string of the molecule is Cc1cc(=O)c(C(=O)N(CC(N)=S)C2CCCC2)c[nH]1. The van der Waals surface area contributed by atoms with Crippen LogP contribution < -0.4 is 11.2 Å². The molecule has 0 spiro atoms. The Morgan fingerprint density at radius 2 is 2.15 bits per heavy atom. The van der Waals surface area contributed by atoms with Crippen LogP contribution in [0.5, 0.6) is 0 Å². The summed E-state index contributed by atoms with van der Waals surface area (Å²) in [5.41, 5.74) is 6.21. The van der Waals surface area contributed by atoms with Crippen molar-refractivity contribution in [1.29, 1.82) is 0 Å². The van der Waals surface area contributed by atoms with Crippen LogP contribution in [0.1, 0.15) is 41.7 Å². The van der Waals surface area contributed by atoms with Gasteiger partial charge in [0.15, 0.2) is 5.43 Å². The van der Waals surface area contributed by atoms with Gasteiger partial charge in [-0.25, -0.2) is 0 Å². The lowest BCUT2D eigenvalue weighted by Crippen LogP contribution is -2.45. The number of thiocarbonyl (C=S) groups is 1. The van der Waals surface area contributed by atoms with E-state index in [0.717, 1.165) is 31.4 Å². The summed E-state index contributed by atoms with van der Waals surface area (Å²) in [7, 11) is 0. The zero-order valence-corrected chi connectivity index (χ0v) is 12.3. The molecule has 1 aromatic rings. The zero-order chi connectivity index (χ0) is 14.7. The van der Waals surface area contributed by atoms with Crippen LogP contribution in [-0.4, -0.2) is 33.4 Å². The third kappa shape index (κ3) is 3.25. The number of amides is 1. The molecule has 20 heavy (non-hydrogen) atoms. The van der Waals surface area contributed by atoms with E-state index >= 15 is 0 Å². The highest BCUT2D eigenvalue weighted by Gasteiger charge is 2.28. The first-order valence-corrected chi connectivity index (χ1v) is 7.18. The smallest absolute Gasteiger partial charge is 0.259 e. The van der Waals surface area contributed by atoms with Crippen molar-refractivity contribution in [2.45, 2.75) is 38.6 Å². The first kappa shape index (κ1) is 14.7. The Kier molecular flexibility index (Phi) is 4.54. The van der Waals surface area contributed by atoms with Gasteiger partial charge in [-0.15, -0.1) is 0 Å². The number of carbonyl (C=O) groups is 1. The van der Waals surface area contributed by atoms with Crippen molar-refractivity contribution in [1.82, 2.24) is 9.88 Å². The molecule has 1 aliphatic rings. The molecule has 3 N–H and O–H groups in total. The van der Waals surface area contributed by atoms with Gasteiger partial charge in [-0.3, -0.25) is 9.59 Å². The number of nitrogens with zero attached hydrogens (tertiary/aromatic N) is 1. The second-order valence-electron chi connectivity index (χ2n) is 5.23. The van der Waals surface area contributed by atoms with E-state index in [0.29, 0.717) is 0 Å². The molecule has 2 rings (SSSR count). The number of aromatic nitrogens is 1. The molecule has 0 aromatic carbocycles. The molecule has 0 aliphatic heterocycles. The maximum absolute atomic E-state index is 12.6. The Labute approximate surface area is 123 Å². The van der Waals surface area contributed by atoms with E-state index in [2.05, 4.69) is 4.98 Å². The normalized spacial score (nSPS) is 15.2. The Balaban J connectivity index is 2.29. The number of aromatic amines is 1. The predicted octanol–water partition coefficient (Wildman–Crippen LogP) is 1.35. The maximum Gasteiger partial charge on any atom is 0.259 e.